The SMILES string of the molecule is COCCOc1cc(-n2cc(C3=[N+]4C(=C(C)c5c(C)cc(C)n5[B-]4(F)F)C(C)=C3)nn2)ccc1N1CCOc2cc(C)ccc2N2CCOCCOCCN(CCOCCOCC2)c2ccc(C)cc2OCC1. The van der Waals surface area contributed by atoms with Crippen LogP contribution in [0.15, 0.2) is 84.2 Å². The van der Waals surface area contributed by atoms with Crippen LogP contribution >= 0.6 is 0 Å². The van der Waals surface area contributed by atoms with Gasteiger partial charge in [0.25, 0.3) is 0 Å². The van der Waals surface area contributed by atoms with Gasteiger partial charge in [0.05, 0.1) is 101 Å². The Morgan fingerprint density at radius 2 is 1.16 bits per heavy atom. The molecule has 10 rings (SSSR count). The maximum Gasteiger partial charge on any atom is 0.737 e. The largest absolute Gasteiger partial charge is 0.737 e. The molecule has 0 N–H and O–H groups in total. The van der Waals surface area contributed by atoms with Crippen LogP contribution in [0.3, 0.4) is 0 Å². The van der Waals surface area contributed by atoms with E-state index in [1.54, 1.807) is 31.0 Å². The summed E-state index contributed by atoms with van der Waals surface area (Å²) < 4.78 is 87.4. The highest BCUT2D eigenvalue weighted by Gasteiger charge is 2.55. The number of methoxy groups -OCH3 is 1. The number of rotatable bonds is 7. The van der Waals surface area contributed by atoms with Crippen molar-refractivity contribution in [3.05, 3.63) is 118 Å². The highest BCUT2D eigenvalue weighted by atomic mass is 19.2. The number of aromatic nitrogens is 4. The van der Waals surface area contributed by atoms with Gasteiger partial charge in [-0.2, -0.15) is 0 Å². The molecule has 0 spiro atoms. The van der Waals surface area contributed by atoms with Gasteiger partial charge < -0.3 is 70.2 Å². The highest BCUT2D eigenvalue weighted by molar-refractivity contribution is 6.58. The molecule has 0 amide bonds. The number of aryl methyl sites for hydroxylation is 4. The number of anilines is 3. The predicted molar refractivity (Wildman–Crippen MR) is 280 cm³/mol. The Bertz CT molecular complexity index is 2750. The van der Waals surface area contributed by atoms with E-state index in [4.69, 9.17) is 37.9 Å². The van der Waals surface area contributed by atoms with Crippen molar-refractivity contribution in [3.63, 3.8) is 0 Å². The van der Waals surface area contributed by atoms with Gasteiger partial charge >= 0.3 is 6.97 Å². The monoisotopic (exact) mass is 1010 g/mol. The van der Waals surface area contributed by atoms with Crippen molar-refractivity contribution >= 4 is 35.3 Å². The Kier molecular flexibility index (Phi) is 16.5. The summed E-state index contributed by atoms with van der Waals surface area (Å²) in [6, 6.07) is 20.2. The molecule has 0 radical (unpaired) electrons. The smallest absolute Gasteiger partial charge is 0.490 e. The van der Waals surface area contributed by atoms with Crippen LogP contribution in [0.2, 0.25) is 0 Å². The lowest BCUT2D eigenvalue weighted by atomic mass is 9.86. The van der Waals surface area contributed by atoms with Crippen LogP contribution < -0.4 is 28.9 Å². The van der Waals surface area contributed by atoms with Gasteiger partial charge in [0.2, 0.25) is 0 Å². The Morgan fingerprint density at radius 1 is 0.630 bits per heavy atom. The summed E-state index contributed by atoms with van der Waals surface area (Å²) >= 11 is 0. The number of benzene rings is 3. The van der Waals surface area contributed by atoms with E-state index in [9.17, 15) is 0 Å². The topological polar surface area (TPSA) is 122 Å². The van der Waals surface area contributed by atoms with Crippen molar-refractivity contribution in [1.82, 2.24) is 19.5 Å². The van der Waals surface area contributed by atoms with Gasteiger partial charge in [-0.1, -0.05) is 17.3 Å². The van der Waals surface area contributed by atoms with Gasteiger partial charge in [-0.3, -0.25) is 0 Å². The van der Waals surface area contributed by atoms with Gasteiger partial charge in [0, 0.05) is 62.3 Å². The zero-order chi connectivity index (χ0) is 51.1. The molecule has 390 valence electrons. The summed E-state index contributed by atoms with van der Waals surface area (Å²) in [6.07, 6.45) is 3.47. The zero-order valence-electron chi connectivity index (χ0n) is 43.3. The fraction of sp³-hybridized carbons (Fsp3) is 0.463. The minimum atomic E-state index is -4.24. The third-order valence-corrected chi connectivity index (χ3v) is 13.7. The number of halogens is 2. The number of hydrogen-bond donors (Lipinski definition) is 0. The first-order valence-corrected chi connectivity index (χ1v) is 25.4. The van der Waals surface area contributed by atoms with Gasteiger partial charge in [-0.25, -0.2) is 4.68 Å². The Morgan fingerprint density at radius 3 is 1.73 bits per heavy atom. The molecule has 7 heterocycles. The van der Waals surface area contributed by atoms with Crippen molar-refractivity contribution in [2.75, 3.05) is 140 Å². The molecule has 0 unspecified atom stereocenters. The molecule has 2 bridgehead atoms. The molecular weight excluding hydrogens is 937 g/mol. The van der Waals surface area contributed by atoms with E-state index in [-0.39, 0.29) is 6.61 Å². The lowest BCUT2D eigenvalue weighted by Crippen LogP contribution is -2.51. The molecule has 2 aromatic heterocycles. The van der Waals surface area contributed by atoms with Crippen LogP contribution in [0.5, 0.6) is 17.2 Å². The fourth-order valence-electron chi connectivity index (χ4n) is 10.3. The highest BCUT2D eigenvalue weighted by Crippen LogP contribution is 2.42. The third kappa shape index (κ3) is 11.5. The van der Waals surface area contributed by atoms with Crippen LogP contribution in [0.4, 0.5) is 25.7 Å². The molecule has 5 aliphatic rings. The Balaban J connectivity index is 1.07. The van der Waals surface area contributed by atoms with Crippen LogP contribution in [-0.4, -0.2) is 162 Å². The minimum Gasteiger partial charge on any atom is -0.490 e. The number of ether oxygens (including phenoxy) is 8. The molecule has 0 atom stereocenters. The molecule has 16 nitrogen and oxygen atoms in total. The maximum absolute atomic E-state index is 16.8. The van der Waals surface area contributed by atoms with E-state index in [1.165, 1.54) is 4.48 Å². The second kappa shape index (κ2) is 23.3. The quantitative estimate of drug-likeness (QED) is 0.0914. The van der Waals surface area contributed by atoms with Gasteiger partial charge in [0.1, 0.15) is 37.1 Å². The predicted octanol–water partition coefficient (Wildman–Crippen LogP) is 7.43. The van der Waals surface area contributed by atoms with Crippen molar-refractivity contribution in [1.29, 1.82) is 0 Å². The molecule has 19 heteroatoms. The number of fused-ring (bicyclic) bond motifs is 22. The first-order valence-electron chi connectivity index (χ1n) is 25.4. The van der Waals surface area contributed by atoms with Gasteiger partial charge in [-0.15, -0.1) is 5.10 Å². The third-order valence-electron chi connectivity index (χ3n) is 13.7. The average Bonchev–Trinajstić information content (AvgIpc) is 4.10. The molecule has 0 aliphatic carbocycles. The number of allylic oxidation sites excluding steroid dienone is 3. The first kappa shape index (κ1) is 51.6. The van der Waals surface area contributed by atoms with E-state index < -0.39 is 6.97 Å². The summed E-state index contributed by atoms with van der Waals surface area (Å²) in [6.45, 7) is 15.9. The Hall–Kier alpha value is -6.25. The second-order valence-corrected chi connectivity index (χ2v) is 18.9. The van der Waals surface area contributed by atoms with Crippen LogP contribution in [0.1, 0.15) is 47.6 Å². The van der Waals surface area contributed by atoms with Crippen molar-refractivity contribution in [2.45, 2.75) is 41.5 Å². The van der Waals surface area contributed by atoms with Crippen LogP contribution in [0, 0.1) is 27.7 Å². The van der Waals surface area contributed by atoms with E-state index in [2.05, 4.69) is 75.3 Å². The molecule has 0 saturated carbocycles. The number of nitrogens with zero attached hydrogens (tertiary/aromatic N) is 8. The molecule has 1 fully saturated rings. The maximum atomic E-state index is 16.8. The number of hydrogen-bond acceptors (Lipinski definition) is 13. The lowest BCUT2D eigenvalue weighted by molar-refractivity contribution is -0.362. The van der Waals surface area contributed by atoms with Crippen molar-refractivity contribution in [2.24, 2.45) is 0 Å². The van der Waals surface area contributed by atoms with E-state index in [1.807, 2.05) is 45.0 Å². The van der Waals surface area contributed by atoms with E-state index in [0.717, 1.165) is 60.9 Å². The van der Waals surface area contributed by atoms with E-state index in [0.29, 0.717) is 152 Å². The zero-order valence-corrected chi connectivity index (χ0v) is 43.3. The molecular formula is C54H69BF2N8O8. The van der Waals surface area contributed by atoms with Gasteiger partial charge in [-0.05, 0) is 106 Å². The lowest BCUT2D eigenvalue weighted by Gasteiger charge is -2.33. The second-order valence-electron chi connectivity index (χ2n) is 18.9. The summed E-state index contributed by atoms with van der Waals surface area (Å²) in [5, 5.41) is 8.99. The van der Waals surface area contributed by atoms with E-state index >= 15 is 8.63 Å². The fourth-order valence-corrected chi connectivity index (χ4v) is 10.3. The molecule has 3 aromatic carbocycles. The van der Waals surface area contributed by atoms with Crippen molar-refractivity contribution < 1.29 is 51.0 Å². The summed E-state index contributed by atoms with van der Waals surface area (Å²) in [4.78, 5) is 6.70. The Labute approximate surface area is 427 Å². The minimum absolute atomic E-state index is 0.269. The average molecular weight is 1010 g/mol. The molecule has 5 aliphatic heterocycles. The molecule has 73 heavy (non-hydrogen) atoms. The standard InChI is InChI=1S/C54H69BF2N8O8/c1-38-8-11-46-50(32-38)71-24-18-62(19-25-72-51-33-39(2)9-12-47(51)61-16-22-69-29-27-67-20-14-60(46)15-21-68-28-30-70-23-17-61)48-13-10-44(36-52(48)73-31-26-66-7)63-37-45(58-59-63)49-35-41(4)54-43(6)53-40(3)34-42(5)64(53)55(56,57)65(49)54/h8-13,32-37H,14-31H2,1-7H3. The first-order chi connectivity index (χ1) is 35.4. The van der Waals surface area contributed by atoms with Gasteiger partial charge in [0.15, 0.2) is 17.1 Å². The molecule has 5 aromatic rings. The van der Waals surface area contributed by atoms with Crippen LogP contribution in [0.25, 0.3) is 11.3 Å². The summed E-state index contributed by atoms with van der Waals surface area (Å²) in [7, 11) is 1.63. The normalized spacial score (nSPS) is 18.6. The summed E-state index contributed by atoms with van der Waals surface area (Å²) in [5.41, 5.74) is 10.00. The summed E-state index contributed by atoms with van der Waals surface area (Å²) in [5.74, 6) is 2.07. The molecule has 1 saturated heterocycles. The van der Waals surface area contributed by atoms with Crippen molar-refractivity contribution in [3.8, 4) is 22.9 Å². The van der Waals surface area contributed by atoms with Crippen LogP contribution in [-0.2, 0) is 23.7 Å².